The average molecular weight is 266 g/mol. The van der Waals surface area contributed by atoms with Gasteiger partial charge in [-0.05, 0) is 49.7 Å². The smallest absolute Gasteiger partial charge is 0.0578 e. The third-order valence-electron chi connectivity index (χ3n) is 2.69. The highest BCUT2D eigenvalue weighted by atomic mass is 35.5. The van der Waals surface area contributed by atoms with Crippen LogP contribution in [0.15, 0.2) is 36.4 Å². The Balaban J connectivity index is 2.05. The van der Waals surface area contributed by atoms with E-state index in [-0.39, 0.29) is 0 Å². The number of rotatable bonds is 4. The first-order chi connectivity index (χ1) is 8.19. The molecule has 2 aromatic rings. The van der Waals surface area contributed by atoms with Gasteiger partial charge in [-0.1, -0.05) is 18.5 Å². The molecule has 1 nitrogen and oxygen atoms in total. The normalized spacial score (nSPS) is 12.4. The lowest BCUT2D eigenvalue weighted by Crippen LogP contribution is -2.04. The van der Waals surface area contributed by atoms with E-state index in [1.165, 1.54) is 9.75 Å². The summed E-state index contributed by atoms with van der Waals surface area (Å²) in [5.41, 5.74) is 1.10. The van der Waals surface area contributed by atoms with E-state index in [1.54, 1.807) is 0 Å². The van der Waals surface area contributed by atoms with Gasteiger partial charge in [0, 0.05) is 20.5 Å². The second-order valence-electron chi connectivity index (χ2n) is 4.03. The fraction of sp³-hybridized carbons (Fsp3) is 0.286. The zero-order valence-electron chi connectivity index (χ0n) is 10.0. The van der Waals surface area contributed by atoms with E-state index in [0.717, 1.165) is 17.1 Å². The zero-order chi connectivity index (χ0) is 12.3. The number of hydrogen-bond acceptors (Lipinski definition) is 2. The van der Waals surface area contributed by atoms with Crippen molar-refractivity contribution in [1.82, 2.24) is 0 Å². The highest BCUT2D eigenvalue weighted by molar-refractivity contribution is 7.12. The molecule has 0 radical (unpaired) electrons. The molecule has 0 aliphatic heterocycles. The van der Waals surface area contributed by atoms with Gasteiger partial charge in [-0.3, -0.25) is 0 Å². The van der Waals surface area contributed by atoms with Crippen molar-refractivity contribution in [3.8, 4) is 0 Å². The van der Waals surface area contributed by atoms with E-state index in [2.05, 4.69) is 31.3 Å². The molecule has 1 aromatic heterocycles. The second-order valence-corrected chi connectivity index (χ2v) is 5.67. The topological polar surface area (TPSA) is 12.0 Å². The van der Waals surface area contributed by atoms with E-state index in [9.17, 15) is 0 Å². The van der Waals surface area contributed by atoms with Crippen LogP contribution in [0.5, 0.6) is 0 Å². The Hall–Kier alpha value is -0.990. The molecule has 0 aliphatic carbocycles. The first-order valence-electron chi connectivity index (χ1n) is 5.79. The van der Waals surface area contributed by atoms with Gasteiger partial charge in [-0.25, -0.2) is 0 Å². The van der Waals surface area contributed by atoms with E-state index in [4.69, 9.17) is 11.6 Å². The number of aryl methyl sites for hydroxylation is 1. The molecule has 0 spiro atoms. The standard InChI is InChI=1S/C14H16ClNS/c1-3-13-8-9-14(17-13)10(2)16-12-6-4-11(15)5-7-12/h4-10,16H,3H2,1-2H3. The van der Waals surface area contributed by atoms with Crippen LogP contribution in [-0.2, 0) is 6.42 Å². The van der Waals surface area contributed by atoms with Gasteiger partial charge in [0.2, 0.25) is 0 Å². The first kappa shape index (κ1) is 12.5. The van der Waals surface area contributed by atoms with Gasteiger partial charge < -0.3 is 5.32 Å². The lowest BCUT2D eigenvalue weighted by Gasteiger charge is -2.13. The molecule has 1 unspecified atom stereocenters. The van der Waals surface area contributed by atoms with Crippen LogP contribution in [0, 0.1) is 0 Å². The van der Waals surface area contributed by atoms with Gasteiger partial charge in [-0.15, -0.1) is 11.3 Å². The van der Waals surface area contributed by atoms with Crippen LogP contribution >= 0.6 is 22.9 Å². The van der Waals surface area contributed by atoms with Gasteiger partial charge in [-0.2, -0.15) is 0 Å². The van der Waals surface area contributed by atoms with Crippen LogP contribution in [-0.4, -0.2) is 0 Å². The summed E-state index contributed by atoms with van der Waals surface area (Å²) in [6, 6.07) is 12.6. The lowest BCUT2D eigenvalue weighted by atomic mass is 10.2. The van der Waals surface area contributed by atoms with Gasteiger partial charge >= 0.3 is 0 Å². The molecule has 0 aliphatic rings. The highest BCUT2D eigenvalue weighted by Gasteiger charge is 2.07. The molecule has 1 atom stereocenters. The van der Waals surface area contributed by atoms with Crippen molar-refractivity contribution in [2.75, 3.05) is 5.32 Å². The quantitative estimate of drug-likeness (QED) is 0.807. The Morgan fingerprint density at radius 2 is 1.88 bits per heavy atom. The number of nitrogens with one attached hydrogen (secondary N) is 1. The maximum Gasteiger partial charge on any atom is 0.0578 e. The highest BCUT2D eigenvalue weighted by Crippen LogP contribution is 2.26. The maximum atomic E-state index is 5.86. The van der Waals surface area contributed by atoms with Crippen LogP contribution in [0.1, 0.15) is 29.6 Å². The molecule has 0 saturated carbocycles. The summed E-state index contributed by atoms with van der Waals surface area (Å²) >= 11 is 7.74. The number of anilines is 1. The summed E-state index contributed by atoms with van der Waals surface area (Å²) in [5.74, 6) is 0. The van der Waals surface area contributed by atoms with Crippen molar-refractivity contribution < 1.29 is 0 Å². The predicted octanol–water partition coefficient (Wildman–Crippen LogP) is 5.14. The van der Waals surface area contributed by atoms with Gasteiger partial charge in [0.05, 0.1) is 6.04 Å². The van der Waals surface area contributed by atoms with Gasteiger partial charge in [0.25, 0.3) is 0 Å². The summed E-state index contributed by atoms with van der Waals surface area (Å²) in [6.45, 7) is 4.37. The minimum atomic E-state index is 0.335. The van der Waals surface area contributed by atoms with Crippen molar-refractivity contribution in [3.63, 3.8) is 0 Å². The largest absolute Gasteiger partial charge is 0.378 e. The monoisotopic (exact) mass is 265 g/mol. The van der Waals surface area contributed by atoms with Crippen molar-refractivity contribution in [3.05, 3.63) is 51.2 Å². The summed E-state index contributed by atoms with van der Waals surface area (Å²) in [5, 5.41) is 4.25. The minimum Gasteiger partial charge on any atom is -0.378 e. The fourth-order valence-corrected chi connectivity index (χ4v) is 2.77. The first-order valence-corrected chi connectivity index (χ1v) is 6.99. The number of benzene rings is 1. The Morgan fingerprint density at radius 1 is 1.18 bits per heavy atom. The summed E-state index contributed by atoms with van der Waals surface area (Å²) in [7, 11) is 0. The van der Waals surface area contributed by atoms with Gasteiger partial charge in [0.15, 0.2) is 0 Å². The molecule has 1 N–H and O–H groups in total. The van der Waals surface area contributed by atoms with Crippen molar-refractivity contribution >= 4 is 28.6 Å². The van der Waals surface area contributed by atoms with Crippen molar-refractivity contribution in [2.24, 2.45) is 0 Å². The molecule has 2 rings (SSSR count). The molecule has 0 bridgehead atoms. The summed E-state index contributed by atoms with van der Waals surface area (Å²) in [6.07, 6.45) is 1.11. The summed E-state index contributed by atoms with van der Waals surface area (Å²) in [4.78, 5) is 2.81. The molecule has 0 fully saturated rings. The Kier molecular flexibility index (Phi) is 4.08. The maximum absolute atomic E-state index is 5.86. The van der Waals surface area contributed by atoms with E-state index < -0.39 is 0 Å². The SMILES string of the molecule is CCc1ccc(C(C)Nc2ccc(Cl)cc2)s1. The third-order valence-corrected chi connectivity index (χ3v) is 4.35. The summed E-state index contributed by atoms with van der Waals surface area (Å²) < 4.78 is 0. The molecule has 90 valence electrons. The molecule has 1 heterocycles. The second kappa shape index (κ2) is 5.56. The molecule has 0 amide bonds. The van der Waals surface area contributed by atoms with Crippen molar-refractivity contribution in [1.29, 1.82) is 0 Å². The number of halogens is 1. The van der Waals surface area contributed by atoms with Crippen molar-refractivity contribution in [2.45, 2.75) is 26.3 Å². The van der Waals surface area contributed by atoms with E-state index in [1.807, 2.05) is 35.6 Å². The van der Waals surface area contributed by atoms with E-state index in [0.29, 0.717) is 6.04 Å². The molecular weight excluding hydrogens is 250 g/mol. The third kappa shape index (κ3) is 3.24. The van der Waals surface area contributed by atoms with Crippen LogP contribution in [0.3, 0.4) is 0 Å². The molecule has 3 heteroatoms. The molecular formula is C14H16ClNS. The average Bonchev–Trinajstić information content (AvgIpc) is 2.81. The number of thiophene rings is 1. The van der Waals surface area contributed by atoms with Crippen LogP contribution in [0.4, 0.5) is 5.69 Å². The van der Waals surface area contributed by atoms with Crippen LogP contribution < -0.4 is 5.32 Å². The Morgan fingerprint density at radius 3 is 2.47 bits per heavy atom. The Bertz CT molecular complexity index is 475. The van der Waals surface area contributed by atoms with Gasteiger partial charge in [0.1, 0.15) is 0 Å². The fourth-order valence-electron chi connectivity index (χ4n) is 1.68. The van der Waals surface area contributed by atoms with Crippen LogP contribution in [0.2, 0.25) is 5.02 Å². The number of hydrogen-bond donors (Lipinski definition) is 1. The Labute approximate surface area is 111 Å². The zero-order valence-corrected chi connectivity index (χ0v) is 11.6. The van der Waals surface area contributed by atoms with E-state index >= 15 is 0 Å². The predicted molar refractivity (Wildman–Crippen MR) is 77.2 cm³/mol. The molecule has 0 saturated heterocycles. The minimum absolute atomic E-state index is 0.335. The van der Waals surface area contributed by atoms with Crippen LogP contribution in [0.25, 0.3) is 0 Å². The lowest BCUT2D eigenvalue weighted by molar-refractivity contribution is 0.908. The molecule has 1 aromatic carbocycles. The molecule has 17 heavy (non-hydrogen) atoms.